The van der Waals surface area contributed by atoms with Crippen LogP contribution in [0.15, 0.2) is 12.4 Å². The number of aryl methyl sites for hydroxylation is 1. The van der Waals surface area contributed by atoms with Crippen LogP contribution in [0.4, 0.5) is 0 Å². The molecule has 3 heterocycles. The first kappa shape index (κ1) is 21.2. The van der Waals surface area contributed by atoms with Crippen molar-refractivity contribution in [2.45, 2.75) is 50.6 Å². The topological polar surface area (TPSA) is 73.4 Å². The van der Waals surface area contributed by atoms with Gasteiger partial charge in [0.05, 0.1) is 11.6 Å². The molecule has 0 bridgehead atoms. The number of rotatable bonds is 3. The van der Waals surface area contributed by atoms with E-state index in [0.717, 1.165) is 38.2 Å². The number of carbonyl (C=O) groups excluding carboxylic acids is 1. The van der Waals surface area contributed by atoms with Gasteiger partial charge in [0.1, 0.15) is 5.82 Å². The van der Waals surface area contributed by atoms with Crippen LogP contribution in [0.25, 0.3) is 0 Å². The molecule has 0 spiro atoms. The van der Waals surface area contributed by atoms with Crippen molar-refractivity contribution in [1.82, 2.24) is 14.5 Å². The van der Waals surface area contributed by atoms with Gasteiger partial charge in [-0.2, -0.15) is 0 Å². The van der Waals surface area contributed by atoms with Crippen LogP contribution in [0, 0.1) is 0 Å². The van der Waals surface area contributed by atoms with E-state index in [0.29, 0.717) is 32.1 Å². The van der Waals surface area contributed by atoms with E-state index in [2.05, 4.69) is 16.5 Å². The molecule has 1 aromatic rings. The number of carbonyl (C=O) groups is 1. The smallest absolute Gasteiger partial charge is 0.242 e. The van der Waals surface area contributed by atoms with Crippen molar-refractivity contribution in [3.8, 4) is 0 Å². The van der Waals surface area contributed by atoms with Gasteiger partial charge in [-0.25, -0.2) is 4.98 Å². The Balaban J connectivity index is 0.00000144. The Labute approximate surface area is 155 Å². The molecular formula is C16H28Cl2N4O2. The lowest BCUT2D eigenvalue weighted by molar-refractivity contribution is -0.142. The molecule has 1 unspecified atom stereocenters. The monoisotopic (exact) mass is 378 g/mol. The first-order valence-electron chi connectivity index (χ1n) is 8.32. The Morgan fingerprint density at radius 2 is 2.12 bits per heavy atom. The number of hydrogen-bond donors (Lipinski definition) is 1. The van der Waals surface area contributed by atoms with E-state index in [4.69, 9.17) is 10.5 Å². The van der Waals surface area contributed by atoms with Gasteiger partial charge in [0.15, 0.2) is 0 Å². The lowest BCUT2D eigenvalue weighted by atomic mass is 9.88. The van der Waals surface area contributed by atoms with E-state index in [1.807, 2.05) is 17.3 Å². The summed E-state index contributed by atoms with van der Waals surface area (Å²) in [7, 11) is 0. The van der Waals surface area contributed by atoms with E-state index in [9.17, 15) is 4.79 Å². The highest BCUT2D eigenvalue weighted by Crippen LogP contribution is 2.27. The number of halogens is 2. The molecule has 2 saturated heterocycles. The largest absolute Gasteiger partial charge is 0.381 e. The van der Waals surface area contributed by atoms with Crippen LogP contribution >= 0.6 is 24.8 Å². The first-order valence-corrected chi connectivity index (χ1v) is 8.32. The second-order valence-corrected chi connectivity index (χ2v) is 6.42. The molecule has 2 N–H and O–H groups in total. The Bertz CT molecular complexity index is 532. The Morgan fingerprint density at radius 1 is 1.42 bits per heavy atom. The van der Waals surface area contributed by atoms with Crippen LogP contribution in [-0.4, -0.2) is 52.2 Å². The average Bonchev–Trinajstić information content (AvgIpc) is 3.03. The summed E-state index contributed by atoms with van der Waals surface area (Å²) < 4.78 is 7.58. The summed E-state index contributed by atoms with van der Waals surface area (Å²) in [5, 5.41) is 0. The van der Waals surface area contributed by atoms with Crippen LogP contribution in [0.5, 0.6) is 0 Å². The van der Waals surface area contributed by atoms with E-state index >= 15 is 0 Å². The van der Waals surface area contributed by atoms with Crippen molar-refractivity contribution in [1.29, 1.82) is 0 Å². The van der Waals surface area contributed by atoms with Gasteiger partial charge in [-0.05, 0) is 25.7 Å². The number of ether oxygens (including phenoxy) is 1. The number of piperidine rings is 1. The summed E-state index contributed by atoms with van der Waals surface area (Å²) >= 11 is 0. The Kier molecular flexibility index (Phi) is 7.99. The Morgan fingerprint density at radius 3 is 2.79 bits per heavy atom. The minimum Gasteiger partial charge on any atom is -0.381 e. The second kappa shape index (κ2) is 9.04. The highest BCUT2D eigenvalue weighted by atomic mass is 35.5. The van der Waals surface area contributed by atoms with Crippen molar-refractivity contribution in [2.24, 2.45) is 5.73 Å². The maximum Gasteiger partial charge on any atom is 0.242 e. The maximum absolute atomic E-state index is 12.9. The van der Waals surface area contributed by atoms with Crippen LogP contribution in [-0.2, 0) is 16.0 Å². The molecule has 8 heteroatoms. The van der Waals surface area contributed by atoms with Crippen LogP contribution in [0.3, 0.4) is 0 Å². The predicted molar refractivity (Wildman–Crippen MR) is 97.9 cm³/mol. The van der Waals surface area contributed by atoms with E-state index in [-0.39, 0.29) is 30.7 Å². The first-order chi connectivity index (χ1) is 10.6. The number of likely N-dealkylation sites (tertiary alicyclic amines) is 1. The van der Waals surface area contributed by atoms with Gasteiger partial charge in [-0.1, -0.05) is 6.92 Å². The molecule has 6 nitrogen and oxygen atoms in total. The van der Waals surface area contributed by atoms with Crippen molar-refractivity contribution in [3.05, 3.63) is 18.2 Å². The lowest BCUT2D eigenvalue weighted by Gasteiger charge is -2.40. The quantitative estimate of drug-likeness (QED) is 0.872. The molecule has 0 aliphatic carbocycles. The van der Waals surface area contributed by atoms with Gasteiger partial charge in [-0.3, -0.25) is 4.79 Å². The molecule has 1 aromatic heterocycles. The summed E-state index contributed by atoms with van der Waals surface area (Å²) in [6.07, 6.45) is 8.15. The zero-order valence-electron chi connectivity index (χ0n) is 14.1. The number of hydrogen-bond acceptors (Lipinski definition) is 4. The zero-order chi connectivity index (χ0) is 15.6. The van der Waals surface area contributed by atoms with Crippen molar-refractivity contribution < 1.29 is 9.53 Å². The Hall–Kier alpha value is -0.820. The fourth-order valence-corrected chi connectivity index (χ4v) is 3.58. The van der Waals surface area contributed by atoms with Crippen LogP contribution < -0.4 is 5.73 Å². The third-order valence-electron chi connectivity index (χ3n) is 4.95. The zero-order valence-corrected chi connectivity index (χ0v) is 15.8. The van der Waals surface area contributed by atoms with Gasteiger partial charge in [0.2, 0.25) is 5.91 Å². The minimum absolute atomic E-state index is 0. The van der Waals surface area contributed by atoms with E-state index in [1.54, 1.807) is 0 Å². The third-order valence-corrected chi connectivity index (χ3v) is 4.95. The molecule has 2 aliphatic rings. The third kappa shape index (κ3) is 4.23. The maximum atomic E-state index is 12.9. The van der Waals surface area contributed by atoms with Crippen molar-refractivity contribution in [3.63, 3.8) is 0 Å². The number of amides is 1. The van der Waals surface area contributed by atoms with Crippen LogP contribution in [0.2, 0.25) is 0 Å². The molecule has 0 saturated carbocycles. The van der Waals surface area contributed by atoms with Gasteiger partial charge in [0, 0.05) is 45.1 Å². The van der Waals surface area contributed by atoms with Crippen molar-refractivity contribution >= 4 is 30.7 Å². The SMILES string of the molecule is CCc1nccn1C1CCCN(C(=O)C2(N)CCOCC2)C1.Cl.Cl. The standard InChI is InChI=1S/C16H26N4O2.2ClH/c1-2-14-18-7-9-20(14)13-4-3-8-19(12-13)15(21)16(17)5-10-22-11-6-16;;/h7,9,13H,2-6,8,10-12,17H2,1H3;2*1H. The molecular weight excluding hydrogens is 351 g/mol. The van der Waals surface area contributed by atoms with Gasteiger partial charge in [0.25, 0.3) is 0 Å². The highest BCUT2D eigenvalue weighted by molar-refractivity contribution is 5.86. The molecule has 1 amide bonds. The van der Waals surface area contributed by atoms with Crippen molar-refractivity contribution in [2.75, 3.05) is 26.3 Å². The molecule has 24 heavy (non-hydrogen) atoms. The van der Waals surface area contributed by atoms with E-state index < -0.39 is 5.54 Å². The number of aromatic nitrogens is 2. The molecule has 2 aliphatic heterocycles. The molecule has 138 valence electrons. The summed E-state index contributed by atoms with van der Waals surface area (Å²) in [5.41, 5.74) is 5.63. The molecule has 0 radical (unpaired) electrons. The van der Waals surface area contributed by atoms with Gasteiger partial charge >= 0.3 is 0 Å². The second-order valence-electron chi connectivity index (χ2n) is 6.42. The minimum atomic E-state index is -0.733. The highest BCUT2D eigenvalue weighted by Gasteiger charge is 2.40. The number of nitrogens with zero attached hydrogens (tertiary/aromatic N) is 3. The molecule has 3 rings (SSSR count). The fourth-order valence-electron chi connectivity index (χ4n) is 3.58. The normalized spacial score (nSPS) is 23.1. The average molecular weight is 379 g/mol. The van der Waals surface area contributed by atoms with E-state index in [1.165, 1.54) is 0 Å². The van der Waals surface area contributed by atoms with Crippen LogP contribution in [0.1, 0.15) is 44.5 Å². The molecule has 1 atom stereocenters. The number of imidazole rings is 1. The summed E-state index contributed by atoms with van der Waals surface area (Å²) in [4.78, 5) is 19.2. The summed E-state index contributed by atoms with van der Waals surface area (Å²) in [5.74, 6) is 1.19. The predicted octanol–water partition coefficient (Wildman–Crippen LogP) is 1.96. The summed E-state index contributed by atoms with van der Waals surface area (Å²) in [6.45, 7) is 4.83. The lowest BCUT2D eigenvalue weighted by Crippen LogP contribution is -2.59. The number of nitrogens with two attached hydrogens (primary N) is 1. The fraction of sp³-hybridized carbons (Fsp3) is 0.750. The molecule has 2 fully saturated rings. The van der Waals surface area contributed by atoms with Gasteiger partial charge in [-0.15, -0.1) is 24.8 Å². The summed E-state index contributed by atoms with van der Waals surface area (Å²) in [6, 6.07) is 0.318. The van der Waals surface area contributed by atoms with Gasteiger partial charge < -0.3 is 19.9 Å². The molecule has 0 aromatic carbocycles.